The highest BCUT2D eigenvalue weighted by atomic mass is 16.7. The number of hydrogen-bond donors (Lipinski definition) is 2. The Kier molecular flexibility index (Phi) is 4.94. The van der Waals surface area contributed by atoms with Crippen molar-refractivity contribution < 1.29 is 19.1 Å². The van der Waals surface area contributed by atoms with E-state index in [2.05, 4.69) is 24.5 Å². The van der Waals surface area contributed by atoms with Gasteiger partial charge in [-0.25, -0.2) is 0 Å². The van der Waals surface area contributed by atoms with Crippen molar-refractivity contribution in [1.82, 2.24) is 0 Å². The lowest BCUT2D eigenvalue weighted by molar-refractivity contribution is -0.122. The van der Waals surface area contributed by atoms with Crippen molar-refractivity contribution in [3.05, 3.63) is 47.5 Å². The Morgan fingerprint density at radius 1 is 0.929 bits per heavy atom. The van der Waals surface area contributed by atoms with Crippen molar-refractivity contribution in [3.8, 4) is 11.5 Å². The lowest BCUT2D eigenvalue weighted by atomic mass is 10.0. The molecule has 0 spiro atoms. The third-order valence-electron chi connectivity index (χ3n) is 5.35. The minimum atomic E-state index is -0.302. The van der Waals surface area contributed by atoms with Gasteiger partial charge in [0.15, 0.2) is 11.5 Å². The summed E-state index contributed by atoms with van der Waals surface area (Å²) in [5.74, 6) is 0.474. The van der Waals surface area contributed by atoms with Crippen molar-refractivity contribution in [3.63, 3.8) is 0 Å². The molecular weight excluding hydrogens is 356 g/mol. The molecule has 1 fully saturated rings. The van der Waals surface area contributed by atoms with E-state index in [4.69, 9.17) is 9.47 Å². The number of hydrogen-bond acceptors (Lipinski definition) is 4. The third-order valence-corrected chi connectivity index (χ3v) is 5.35. The van der Waals surface area contributed by atoms with Gasteiger partial charge in [-0.05, 0) is 42.5 Å². The van der Waals surface area contributed by atoms with Crippen LogP contribution < -0.4 is 20.1 Å². The number of carbonyl (C=O) groups excluding carboxylic acids is 2. The molecular formula is C22H24N2O4. The Labute approximate surface area is 164 Å². The zero-order valence-electron chi connectivity index (χ0n) is 16.1. The summed E-state index contributed by atoms with van der Waals surface area (Å²) in [5.41, 5.74) is 3.79. The summed E-state index contributed by atoms with van der Waals surface area (Å²) in [6.45, 7) is 4.34. The molecule has 6 heteroatoms. The molecule has 2 amide bonds. The molecule has 1 heterocycles. The zero-order chi connectivity index (χ0) is 19.7. The SMILES string of the molecule is CCc1cccc(CC)c1NC(=O)C1CC1C(=O)Nc1ccc2c(c1)OCO2. The fraction of sp³-hybridized carbons (Fsp3) is 0.364. The third kappa shape index (κ3) is 3.54. The van der Waals surface area contributed by atoms with Gasteiger partial charge in [-0.1, -0.05) is 32.0 Å². The molecule has 2 aromatic carbocycles. The molecule has 4 rings (SSSR count). The molecule has 6 nitrogen and oxygen atoms in total. The lowest BCUT2D eigenvalue weighted by Gasteiger charge is -2.14. The highest BCUT2D eigenvalue weighted by molar-refractivity contribution is 6.03. The van der Waals surface area contributed by atoms with Crippen LogP contribution in [0.15, 0.2) is 36.4 Å². The number of benzene rings is 2. The summed E-state index contributed by atoms with van der Waals surface area (Å²) in [6, 6.07) is 11.4. The van der Waals surface area contributed by atoms with Crippen LogP contribution in [0, 0.1) is 11.8 Å². The molecule has 0 bridgehead atoms. The summed E-state index contributed by atoms with van der Waals surface area (Å²) in [6.07, 6.45) is 2.27. The minimum absolute atomic E-state index is 0.0820. The highest BCUT2D eigenvalue weighted by Crippen LogP contribution is 2.41. The average Bonchev–Trinajstić information content (AvgIpc) is 3.39. The summed E-state index contributed by atoms with van der Waals surface area (Å²) in [7, 11) is 0. The van der Waals surface area contributed by atoms with E-state index in [1.54, 1.807) is 18.2 Å². The highest BCUT2D eigenvalue weighted by Gasteiger charge is 2.48. The Morgan fingerprint density at radius 2 is 1.57 bits per heavy atom. The molecule has 2 atom stereocenters. The van der Waals surface area contributed by atoms with Crippen LogP contribution in [0.5, 0.6) is 11.5 Å². The van der Waals surface area contributed by atoms with Crippen molar-refractivity contribution in [2.75, 3.05) is 17.4 Å². The quantitative estimate of drug-likeness (QED) is 0.800. The summed E-state index contributed by atoms with van der Waals surface area (Å²) >= 11 is 0. The number of nitrogens with one attached hydrogen (secondary N) is 2. The largest absolute Gasteiger partial charge is 0.454 e. The van der Waals surface area contributed by atoms with Crippen LogP contribution in [0.25, 0.3) is 0 Å². The predicted octanol–water partition coefficient (Wildman–Crippen LogP) is 3.75. The molecule has 2 aromatic rings. The van der Waals surface area contributed by atoms with Gasteiger partial charge >= 0.3 is 0 Å². The summed E-state index contributed by atoms with van der Waals surface area (Å²) in [4.78, 5) is 25.2. The number of carbonyl (C=O) groups is 2. The van der Waals surface area contributed by atoms with Gasteiger partial charge in [-0.15, -0.1) is 0 Å². The van der Waals surface area contributed by atoms with E-state index >= 15 is 0 Å². The van der Waals surface area contributed by atoms with Crippen LogP contribution in [-0.4, -0.2) is 18.6 Å². The van der Waals surface area contributed by atoms with Crippen molar-refractivity contribution in [2.24, 2.45) is 11.8 Å². The normalized spacial score (nSPS) is 19.2. The molecule has 0 radical (unpaired) electrons. The average molecular weight is 380 g/mol. The van der Waals surface area contributed by atoms with Gasteiger partial charge in [0.25, 0.3) is 0 Å². The zero-order valence-corrected chi connectivity index (χ0v) is 16.1. The molecule has 1 aliphatic carbocycles. The molecule has 146 valence electrons. The number of para-hydroxylation sites is 1. The van der Waals surface area contributed by atoms with E-state index in [9.17, 15) is 9.59 Å². The summed E-state index contributed by atoms with van der Waals surface area (Å²) in [5, 5.41) is 5.94. The van der Waals surface area contributed by atoms with Gasteiger partial charge < -0.3 is 20.1 Å². The van der Waals surface area contributed by atoms with Gasteiger partial charge in [0, 0.05) is 17.4 Å². The van der Waals surface area contributed by atoms with Gasteiger partial charge in [0.1, 0.15) is 0 Å². The second-order valence-corrected chi connectivity index (χ2v) is 7.15. The molecule has 0 aromatic heterocycles. The molecule has 2 unspecified atom stereocenters. The van der Waals surface area contributed by atoms with Crippen LogP contribution in [0.4, 0.5) is 11.4 Å². The molecule has 28 heavy (non-hydrogen) atoms. The number of aryl methyl sites for hydroxylation is 2. The Hall–Kier alpha value is -3.02. The van der Waals surface area contributed by atoms with E-state index in [1.165, 1.54) is 0 Å². The first-order valence-corrected chi connectivity index (χ1v) is 9.72. The summed E-state index contributed by atoms with van der Waals surface area (Å²) < 4.78 is 10.6. The molecule has 2 aliphatic rings. The number of anilines is 2. The monoisotopic (exact) mass is 380 g/mol. The fourth-order valence-electron chi connectivity index (χ4n) is 3.60. The van der Waals surface area contributed by atoms with Crippen molar-refractivity contribution in [2.45, 2.75) is 33.1 Å². The first kappa shape index (κ1) is 18.3. The number of amides is 2. The van der Waals surface area contributed by atoms with Crippen LogP contribution >= 0.6 is 0 Å². The standard InChI is InChI=1S/C22H24N2O4/c1-3-13-6-5-7-14(4-2)20(13)24-22(26)17-11-16(17)21(25)23-15-8-9-18-19(10-15)28-12-27-18/h5-10,16-17H,3-4,11-12H2,1-2H3,(H,23,25)(H,24,26). The maximum Gasteiger partial charge on any atom is 0.231 e. The topological polar surface area (TPSA) is 76.7 Å². The van der Waals surface area contributed by atoms with Gasteiger partial charge in [-0.2, -0.15) is 0 Å². The van der Waals surface area contributed by atoms with Gasteiger partial charge in [-0.3, -0.25) is 9.59 Å². The Morgan fingerprint density at radius 3 is 2.25 bits per heavy atom. The van der Waals surface area contributed by atoms with Crippen LogP contribution in [0.2, 0.25) is 0 Å². The van der Waals surface area contributed by atoms with Crippen LogP contribution in [0.3, 0.4) is 0 Å². The molecule has 1 saturated carbocycles. The van der Waals surface area contributed by atoms with E-state index in [0.717, 1.165) is 29.7 Å². The van der Waals surface area contributed by atoms with Crippen LogP contribution in [-0.2, 0) is 22.4 Å². The predicted molar refractivity (Wildman–Crippen MR) is 107 cm³/mol. The number of rotatable bonds is 6. The first-order chi connectivity index (χ1) is 13.6. The minimum Gasteiger partial charge on any atom is -0.454 e. The van der Waals surface area contributed by atoms with E-state index in [-0.39, 0.29) is 30.4 Å². The second-order valence-electron chi connectivity index (χ2n) is 7.15. The maximum absolute atomic E-state index is 12.7. The van der Waals surface area contributed by atoms with Crippen LogP contribution in [0.1, 0.15) is 31.4 Å². The fourth-order valence-corrected chi connectivity index (χ4v) is 3.60. The van der Waals surface area contributed by atoms with E-state index in [0.29, 0.717) is 23.6 Å². The van der Waals surface area contributed by atoms with Crippen molar-refractivity contribution >= 4 is 23.2 Å². The van der Waals surface area contributed by atoms with Crippen molar-refractivity contribution in [1.29, 1.82) is 0 Å². The van der Waals surface area contributed by atoms with Gasteiger partial charge in [0.2, 0.25) is 18.6 Å². The Balaban J connectivity index is 1.39. The smallest absolute Gasteiger partial charge is 0.231 e. The van der Waals surface area contributed by atoms with E-state index in [1.807, 2.05) is 18.2 Å². The Bertz CT molecular complexity index is 902. The lowest BCUT2D eigenvalue weighted by Crippen LogP contribution is -2.21. The maximum atomic E-state index is 12.7. The number of fused-ring (bicyclic) bond motifs is 1. The number of ether oxygens (including phenoxy) is 2. The molecule has 2 N–H and O–H groups in total. The first-order valence-electron chi connectivity index (χ1n) is 9.72. The molecule has 0 saturated heterocycles. The van der Waals surface area contributed by atoms with E-state index < -0.39 is 0 Å². The van der Waals surface area contributed by atoms with Gasteiger partial charge in [0.05, 0.1) is 11.8 Å². The second kappa shape index (κ2) is 7.54. The molecule has 1 aliphatic heterocycles.